The third-order valence-corrected chi connectivity index (χ3v) is 3.09. The zero-order chi connectivity index (χ0) is 17.8. The van der Waals surface area contributed by atoms with E-state index in [1.54, 1.807) is 0 Å². The first-order chi connectivity index (χ1) is 11.5. The minimum absolute atomic E-state index is 0.0409. The second kappa shape index (κ2) is 11.3. The number of nitrogens with one attached hydrogen (secondary N) is 1. The van der Waals surface area contributed by atoms with Crippen LogP contribution >= 0.6 is 0 Å². The highest BCUT2D eigenvalue weighted by Crippen LogP contribution is 2.05. The van der Waals surface area contributed by atoms with Gasteiger partial charge in [-0.25, -0.2) is 0 Å². The number of carbonyl (C=O) groups excluding carboxylic acids is 3. The van der Waals surface area contributed by atoms with Gasteiger partial charge >= 0.3 is 5.97 Å². The van der Waals surface area contributed by atoms with E-state index in [2.05, 4.69) is 5.32 Å². The highest BCUT2D eigenvalue weighted by atomic mass is 16.5. The molecule has 0 atom stereocenters. The molecule has 9 nitrogen and oxygen atoms in total. The number of hydrogen-bond donors (Lipinski definition) is 2. The molecule has 9 heteroatoms. The van der Waals surface area contributed by atoms with Crippen LogP contribution in [0, 0.1) is 0 Å². The van der Waals surface area contributed by atoms with Crippen molar-refractivity contribution in [2.24, 2.45) is 0 Å². The number of ether oxygens (including phenoxy) is 2. The van der Waals surface area contributed by atoms with E-state index < -0.39 is 5.97 Å². The maximum absolute atomic E-state index is 11.6. The molecular formula is C15H22N2O7. The number of nitrogens with zero attached hydrogens (tertiary/aromatic N) is 1. The molecule has 1 heterocycles. The summed E-state index contributed by atoms with van der Waals surface area (Å²) < 4.78 is 10.2. The maximum atomic E-state index is 11.6. The first-order valence-corrected chi connectivity index (χ1v) is 7.68. The fourth-order valence-electron chi connectivity index (χ4n) is 1.88. The second-order valence-corrected chi connectivity index (χ2v) is 4.98. The predicted molar refractivity (Wildman–Crippen MR) is 82.0 cm³/mol. The third-order valence-electron chi connectivity index (χ3n) is 3.09. The summed E-state index contributed by atoms with van der Waals surface area (Å²) in [5, 5.41) is 11.1. The Hall–Kier alpha value is -2.26. The minimum atomic E-state index is -0.909. The van der Waals surface area contributed by atoms with E-state index in [1.165, 1.54) is 12.2 Å². The van der Waals surface area contributed by atoms with Gasteiger partial charge in [0.25, 0.3) is 11.8 Å². The van der Waals surface area contributed by atoms with Gasteiger partial charge in [-0.2, -0.15) is 0 Å². The van der Waals surface area contributed by atoms with Gasteiger partial charge in [0.1, 0.15) is 0 Å². The van der Waals surface area contributed by atoms with Crippen LogP contribution in [0.5, 0.6) is 0 Å². The molecule has 0 saturated heterocycles. The first-order valence-electron chi connectivity index (χ1n) is 7.68. The molecule has 0 aliphatic carbocycles. The van der Waals surface area contributed by atoms with Gasteiger partial charge in [-0.15, -0.1) is 0 Å². The molecule has 0 fully saturated rings. The van der Waals surface area contributed by atoms with E-state index in [0.29, 0.717) is 32.8 Å². The number of rotatable bonds is 13. The van der Waals surface area contributed by atoms with Crippen LogP contribution in [0.4, 0.5) is 0 Å². The Morgan fingerprint density at radius 1 is 1.00 bits per heavy atom. The highest BCUT2D eigenvalue weighted by molar-refractivity contribution is 6.12. The molecule has 3 amide bonds. The summed E-state index contributed by atoms with van der Waals surface area (Å²) in [4.78, 5) is 45.5. The van der Waals surface area contributed by atoms with Crippen LogP contribution in [-0.2, 0) is 28.7 Å². The molecule has 1 aliphatic rings. The standard InChI is InChI=1S/C15H22N2O7/c18-12(2-1-7-17-13(19)3-4-14(17)20)16-6-9-24-11-10-23-8-5-15(21)22/h3-4H,1-2,5-11H2,(H,16,18)(H,21,22). The fraction of sp³-hybridized carbons (Fsp3) is 0.600. The molecular weight excluding hydrogens is 320 g/mol. The first kappa shape index (κ1) is 19.8. The summed E-state index contributed by atoms with van der Waals surface area (Å²) in [6.07, 6.45) is 3.01. The summed E-state index contributed by atoms with van der Waals surface area (Å²) in [7, 11) is 0. The van der Waals surface area contributed by atoms with Gasteiger partial charge in [-0.1, -0.05) is 0 Å². The van der Waals surface area contributed by atoms with Crippen molar-refractivity contribution in [3.63, 3.8) is 0 Å². The fourth-order valence-corrected chi connectivity index (χ4v) is 1.88. The minimum Gasteiger partial charge on any atom is -0.481 e. The molecule has 2 N–H and O–H groups in total. The Morgan fingerprint density at radius 3 is 2.25 bits per heavy atom. The number of aliphatic carboxylic acids is 1. The molecule has 0 aromatic rings. The quantitative estimate of drug-likeness (QED) is 0.336. The molecule has 0 radical (unpaired) electrons. The van der Waals surface area contributed by atoms with E-state index in [0.717, 1.165) is 4.90 Å². The zero-order valence-electron chi connectivity index (χ0n) is 13.4. The Bertz CT molecular complexity index is 472. The second-order valence-electron chi connectivity index (χ2n) is 4.98. The van der Waals surface area contributed by atoms with Crippen molar-refractivity contribution in [1.82, 2.24) is 10.2 Å². The third kappa shape index (κ3) is 8.39. The van der Waals surface area contributed by atoms with Crippen molar-refractivity contribution in [1.29, 1.82) is 0 Å². The molecule has 1 rings (SSSR count). The highest BCUT2D eigenvalue weighted by Gasteiger charge is 2.22. The SMILES string of the molecule is O=C(O)CCOCCOCCNC(=O)CCCN1C(=O)C=CC1=O. The van der Waals surface area contributed by atoms with Crippen LogP contribution in [0.1, 0.15) is 19.3 Å². The average Bonchev–Trinajstić information content (AvgIpc) is 2.85. The number of amides is 3. The lowest BCUT2D eigenvalue weighted by Gasteiger charge is -2.13. The normalized spacial score (nSPS) is 13.6. The van der Waals surface area contributed by atoms with E-state index in [9.17, 15) is 19.2 Å². The van der Waals surface area contributed by atoms with Gasteiger partial charge in [0, 0.05) is 31.7 Å². The van der Waals surface area contributed by atoms with Crippen LogP contribution in [0.3, 0.4) is 0 Å². The Labute approximate surface area is 139 Å². The van der Waals surface area contributed by atoms with Gasteiger partial charge < -0.3 is 19.9 Å². The predicted octanol–water partition coefficient (Wildman–Crippen LogP) is -0.684. The summed E-state index contributed by atoms with van der Waals surface area (Å²) in [6, 6.07) is 0. The van der Waals surface area contributed by atoms with Crippen LogP contribution < -0.4 is 5.32 Å². The molecule has 0 bridgehead atoms. The number of hydrogen-bond acceptors (Lipinski definition) is 6. The van der Waals surface area contributed by atoms with Crippen molar-refractivity contribution in [3.8, 4) is 0 Å². The number of carboxylic acid groups (broad SMARTS) is 1. The number of carbonyl (C=O) groups is 4. The van der Waals surface area contributed by atoms with Crippen molar-refractivity contribution in [3.05, 3.63) is 12.2 Å². The summed E-state index contributed by atoms with van der Waals surface area (Å²) in [6.45, 7) is 1.65. The monoisotopic (exact) mass is 342 g/mol. The summed E-state index contributed by atoms with van der Waals surface area (Å²) in [5.41, 5.74) is 0. The lowest BCUT2D eigenvalue weighted by Crippen LogP contribution is -2.32. The lowest BCUT2D eigenvalue weighted by atomic mass is 10.3. The topological polar surface area (TPSA) is 122 Å². The Morgan fingerprint density at radius 2 is 1.62 bits per heavy atom. The van der Waals surface area contributed by atoms with E-state index in [4.69, 9.17) is 14.6 Å². The van der Waals surface area contributed by atoms with E-state index >= 15 is 0 Å². The van der Waals surface area contributed by atoms with Crippen LogP contribution in [0.2, 0.25) is 0 Å². The number of carboxylic acids is 1. The average molecular weight is 342 g/mol. The largest absolute Gasteiger partial charge is 0.481 e. The molecule has 134 valence electrons. The van der Waals surface area contributed by atoms with Crippen LogP contribution in [0.25, 0.3) is 0 Å². The molecule has 24 heavy (non-hydrogen) atoms. The van der Waals surface area contributed by atoms with Gasteiger partial charge in [0.2, 0.25) is 5.91 Å². The lowest BCUT2D eigenvalue weighted by molar-refractivity contribution is -0.139. The van der Waals surface area contributed by atoms with Gasteiger partial charge in [-0.3, -0.25) is 24.1 Å². The van der Waals surface area contributed by atoms with Gasteiger partial charge in [-0.05, 0) is 6.42 Å². The van der Waals surface area contributed by atoms with Gasteiger partial charge in [0.15, 0.2) is 0 Å². The van der Waals surface area contributed by atoms with E-state index in [1.807, 2.05) is 0 Å². The van der Waals surface area contributed by atoms with Crippen molar-refractivity contribution < 1.29 is 33.8 Å². The van der Waals surface area contributed by atoms with Gasteiger partial charge in [0.05, 0.1) is 32.8 Å². The Balaban J connectivity index is 1.91. The van der Waals surface area contributed by atoms with Crippen LogP contribution in [-0.4, -0.2) is 73.2 Å². The zero-order valence-corrected chi connectivity index (χ0v) is 13.4. The molecule has 0 aromatic carbocycles. The van der Waals surface area contributed by atoms with Crippen molar-refractivity contribution in [2.75, 3.05) is 39.5 Å². The van der Waals surface area contributed by atoms with Crippen molar-refractivity contribution >= 4 is 23.7 Å². The Kier molecular flexibility index (Phi) is 9.32. The summed E-state index contributed by atoms with van der Waals surface area (Å²) >= 11 is 0. The summed E-state index contributed by atoms with van der Waals surface area (Å²) in [5.74, 6) is -1.78. The van der Waals surface area contributed by atoms with E-state index in [-0.39, 0.29) is 43.7 Å². The molecule has 0 spiro atoms. The van der Waals surface area contributed by atoms with Crippen LogP contribution in [0.15, 0.2) is 12.2 Å². The number of imide groups is 1. The molecule has 0 aromatic heterocycles. The molecule has 0 saturated carbocycles. The van der Waals surface area contributed by atoms with Crippen molar-refractivity contribution in [2.45, 2.75) is 19.3 Å². The smallest absolute Gasteiger partial charge is 0.305 e. The molecule has 0 unspecified atom stereocenters. The maximum Gasteiger partial charge on any atom is 0.305 e. The molecule has 1 aliphatic heterocycles.